The van der Waals surface area contributed by atoms with Gasteiger partial charge in [0, 0.05) is 12.5 Å². The molecule has 0 aromatic rings. The lowest BCUT2D eigenvalue weighted by Gasteiger charge is -2.21. The lowest BCUT2D eigenvalue weighted by Crippen LogP contribution is -2.49. The molecule has 2 aliphatic rings. The topological polar surface area (TPSA) is 92.5 Å². The number of ketones is 1. The third-order valence-corrected chi connectivity index (χ3v) is 4.33. The average Bonchev–Trinajstić information content (AvgIpc) is 2.65. The number of carbonyl (C=O) groups is 3. The molecule has 2 amide bonds. The van der Waals surface area contributed by atoms with Gasteiger partial charge in [0.15, 0.2) is 5.78 Å². The van der Waals surface area contributed by atoms with Gasteiger partial charge < -0.3 is 16.0 Å². The van der Waals surface area contributed by atoms with Crippen molar-refractivity contribution < 1.29 is 14.4 Å². The van der Waals surface area contributed by atoms with Crippen LogP contribution in [-0.4, -0.2) is 47.2 Å². The van der Waals surface area contributed by atoms with Crippen molar-refractivity contribution in [2.24, 2.45) is 11.7 Å². The lowest BCUT2D eigenvalue weighted by molar-refractivity contribution is -0.134. The molecule has 0 aromatic heterocycles. The van der Waals surface area contributed by atoms with Crippen LogP contribution < -0.4 is 11.1 Å². The maximum absolute atomic E-state index is 12.2. The zero-order valence-electron chi connectivity index (χ0n) is 12.8. The number of hydrogen-bond acceptors (Lipinski definition) is 4. The molecule has 0 aromatic carbocycles. The first-order valence-corrected chi connectivity index (χ1v) is 7.76. The minimum absolute atomic E-state index is 0.0526. The van der Waals surface area contributed by atoms with Crippen LogP contribution in [0.1, 0.15) is 46.0 Å². The van der Waals surface area contributed by atoms with Gasteiger partial charge in [0.05, 0.1) is 18.6 Å². The summed E-state index contributed by atoms with van der Waals surface area (Å²) < 4.78 is 0. The minimum atomic E-state index is -0.581. The summed E-state index contributed by atoms with van der Waals surface area (Å²) in [6, 6.07) is -0.927. The molecule has 118 valence electrons. The summed E-state index contributed by atoms with van der Waals surface area (Å²) in [6.07, 6.45) is 3.31. The van der Waals surface area contributed by atoms with Gasteiger partial charge in [0.2, 0.25) is 11.8 Å². The maximum Gasteiger partial charge on any atom is 0.237 e. The van der Waals surface area contributed by atoms with Gasteiger partial charge in [-0.2, -0.15) is 0 Å². The molecule has 6 nitrogen and oxygen atoms in total. The standard InChI is InChI=1S/C15H25N3O3/c1-9(2)7-11(16)15(21)17-12-5-3-10-4-6-14(20)18(10)8-13(12)19/h9-12H,3-8,16H2,1-2H3,(H,17,21)/t10-,11+,12+/m1/s1. The van der Waals surface area contributed by atoms with Gasteiger partial charge in [-0.3, -0.25) is 14.4 Å². The molecule has 3 atom stereocenters. The molecular weight excluding hydrogens is 270 g/mol. The van der Waals surface area contributed by atoms with Crippen molar-refractivity contribution in [2.75, 3.05) is 6.54 Å². The van der Waals surface area contributed by atoms with Crippen LogP contribution in [0.15, 0.2) is 0 Å². The Labute approximate surface area is 125 Å². The van der Waals surface area contributed by atoms with Crippen molar-refractivity contribution in [1.82, 2.24) is 10.2 Å². The highest BCUT2D eigenvalue weighted by Gasteiger charge is 2.37. The van der Waals surface area contributed by atoms with E-state index in [1.165, 1.54) is 0 Å². The smallest absolute Gasteiger partial charge is 0.237 e. The van der Waals surface area contributed by atoms with Crippen molar-refractivity contribution in [3.05, 3.63) is 0 Å². The van der Waals surface area contributed by atoms with Crippen LogP contribution in [0.3, 0.4) is 0 Å². The van der Waals surface area contributed by atoms with Crippen LogP contribution >= 0.6 is 0 Å². The largest absolute Gasteiger partial charge is 0.345 e. The molecule has 3 N–H and O–H groups in total. The fourth-order valence-electron chi connectivity index (χ4n) is 3.16. The predicted molar refractivity (Wildman–Crippen MR) is 78.3 cm³/mol. The van der Waals surface area contributed by atoms with Gasteiger partial charge in [-0.05, 0) is 31.6 Å². The Bertz CT molecular complexity index is 436. The Kier molecular flexibility index (Phi) is 4.98. The lowest BCUT2D eigenvalue weighted by atomic mass is 10.0. The Morgan fingerprint density at radius 2 is 2.05 bits per heavy atom. The first kappa shape index (κ1) is 15.9. The second-order valence-electron chi connectivity index (χ2n) is 6.56. The molecule has 0 radical (unpaired) electrons. The summed E-state index contributed by atoms with van der Waals surface area (Å²) in [5.74, 6) is 0.0313. The van der Waals surface area contributed by atoms with E-state index < -0.39 is 12.1 Å². The number of rotatable bonds is 4. The van der Waals surface area contributed by atoms with Crippen LogP contribution in [0.5, 0.6) is 0 Å². The summed E-state index contributed by atoms with van der Waals surface area (Å²) in [5.41, 5.74) is 5.85. The summed E-state index contributed by atoms with van der Waals surface area (Å²) in [4.78, 5) is 37.7. The number of Topliss-reactive ketones (excluding diaryl/α,β-unsaturated/α-hetero) is 1. The third kappa shape index (κ3) is 3.81. The van der Waals surface area contributed by atoms with E-state index in [0.29, 0.717) is 25.2 Å². The number of nitrogens with one attached hydrogen (secondary N) is 1. The van der Waals surface area contributed by atoms with Gasteiger partial charge in [0.25, 0.3) is 0 Å². The molecule has 6 heteroatoms. The maximum atomic E-state index is 12.2. The monoisotopic (exact) mass is 295 g/mol. The molecule has 2 rings (SSSR count). The van der Waals surface area contributed by atoms with E-state index in [-0.39, 0.29) is 30.2 Å². The second-order valence-corrected chi connectivity index (χ2v) is 6.56. The SMILES string of the molecule is CC(C)C[C@H](N)C(=O)N[C@H]1CC[C@@H]2CCC(=O)N2CC1=O. The summed E-state index contributed by atoms with van der Waals surface area (Å²) in [6.45, 7) is 4.13. The number of nitrogens with two attached hydrogens (primary N) is 1. The fraction of sp³-hybridized carbons (Fsp3) is 0.800. The highest BCUT2D eigenvalue weighted by atomic mass is 16.2. The Morgan fingerprint density at radius 3 is 2.71 bits per heavy atom. The Hall–Kier alpha value is -1.43. The quantitative estimate of drug-likeness (QED) is 0.775. The van der Waals surface area contributed by atoms with Crippen LogP contribution in [0.2, 0.25) is 0 Å². The summed E-state index contributed by atoms with van der Waals surface area (Å²) in [7, 11) is 0. The van der Waals surface area contributed by atoms with Crippen molar-refractivity contribution >= 4 is 17.6 Å². The number of carbonyl (C=O) groups excluding carboxylic acids is 3. The van der Waals surface area contributed by atoms with Crippen molar-refractivity contribution in [2.45, 2.75) is 64.1 Å². The third-order valence-electron chi connectivity index (χ3n) is 4.33. The Balaban J connectivity index is 1.93. The summed E-state index contributed by atoms with van der Waals surface area (Å²) >= 11 is 0. The fourth-order valence-corrected chi connectivity index (χ4v) is 3.16. The van der Waals surface area contributed by atoms with E-state index in [1.807, 2.05) is 13.8 Å². The van der Waals surface area contributed by atoms with E-state index >= 15 is 0 Å². The van der Waals surface area contributed by atoms with E-state index in [0.717, 1.165) is 12.8 Å². The first-order chi connectivity index (χ1) is 9.88. The molecule has 2 saturated heterocycles. The molecule has 21 heavy (non-hydrogen) atoms. The average molecular weight is 295 g/mol. The highest BCUT2D eigenvalue weighted by Crippen LogP contribution is 2.26. The van der Waals surface area contributed by atoms with Crippen molar-refractivity contribution in [1.29, 1.82) is 0 Å². The summed E-state index contributed by atoms with van der Waals surface area (Å²) in [5, 5.41) is 2.77. The number of hydrogen-bond donors (Lipinski definition) is 2. The molecule has 0 saturated carbocycles. The number of nitrogens with zero attached hydrogens (tertiary/aromatic N) is 1. The first-order valence-electron chi connectivity index (χ1n) is 7.76. The van der Waals surface area contributed by atoms with Crippen LogP contribution in [0, 0.1) is 5.92 Å². The van der Waals surface area contributed by atoms with Gasteiger partial charge >= 0.3 is 0 Å². The van der Waals surface area contributed by atoms with Crippen LogP contribution in [0.4, 0.5) is 0 Å². The molecule has 2 heterocycles. The number of amides is 2. The molecule has 2 fully saturated rings. The molecule has 0 bridgehead atoms. The highest BCUT2D eigenvalue weighted by molar-refractivity contribution is 5.94. The number of fused-ring (bicyclic) bond motifs is 1. The molecule has 2 aliphatic heterocycles. The van der Waals surface area contributed by atoms with E-state index in [2.05, 4.69) is 5.32 Å². The van der Waals surface area contributed by atoms with Crippen LogP contribution in [0.25, 0.3) is 0 Å². The van der Waals surface area contributed by atoms with Gasteiger partial charge in [0.1, 0.15) is 0 Å². The van der Waals surface area contributed by atoms with Gasteiger partial charge in [-0.15, -0.1) is 0 Å². The normalized spacial score (nSPS) is 27.5. The predicted octanol–water partition coefficient (Wildman–Crippen LogP) is 0.199. The zero-order chi connectivity index (χ0) is 15.6. The molecule has 0 spiro atoms. The van der Waals surface area contributed by atoms with E-state index in [1.54, 1.807) is 4.90 Å². The van der Waals surface area contributed by atoms with E-state index in [4.69, 9.17) is 5.73 Å². The second kappa shape index (κ2) is 6.56. The van der Waals surface area contributed by atoms with Crippen molar-refractivity contribution in [3.8, 4) is 0 Å². The Morgan fingerprint density at radius 1 is 1.33 bits per heavy atom. The van der Waals surface area contributed by atoms with E-state index in [9.17, 15) is 14.4 Å². The van der Waals surface area contributed by atoms with Gasteiger partial charge in [-0.25, -0.2) is 0 Å². The molecule has 0 aliphatic carbocycles. The molecular formula is C15H25N3O3. The zero-order valence-corrected chi connectivity index (χ0v) is 12.8. The molecule has 0 unspecified atom stereocenters. The van der Waals surface area contributed by atoms with Crippen LogP contribution in [-0.2, 0) is 14.4 Å². The van der Waals surface area contributed by atoms with Crippen molar-refractivity contribution in [3.63, 3.8) is 0 Å². The minimum Gasteiger partial charge on any atom is -0.345 e. The van der Waals surface area contributed by atoms with Gasteiger partial charge in [-0.1, -0.05) is 13.8 Å².